The minimum absolute atomic E-state index is 0.0818. The fraction of sp³-hybridized carbons (Fsp3) is 0.619. The number of ether oxygens (including phenoxy) is 3. The summed E-state index contributed by atoms with van der Waals surface area (Å²) in [6.07, 6.45) is 4.23. The predicted octanol–water partition coefficient (Wildman–Crippen LogP) is 2.86. The van der Waals surface area contributed by atoms with Gasteiger partial charge in [0.2, 0.25) is 0 Å². The molecule has 0 N–H and O–H groups in total. The maximum atomic E-state index is 6.40. The van der Waals surface area contributed by atoms with Crippen LogP contribution in [-0.4, -0.2) is 85.5 Å². The monoisotopic (exact) mass is 420 g/mol. The van der Waals surface area contributed by atoms with E-state index >= 15 is 0 Å². The van der Waals surface area contributed by atoms with Crippen LogP contribution < -0.4 is 9.47 Å². The molecule has 2 fully saturated rings. The molecule has 29 heavy (non-hydrogen) atoms. The molecule has 1 aromatic heterocycles. The lowest BCUT2D eigenvalue weighted by Crippen LogP contribution is -2.44. The molecule has 2 aliphatic rings. The van der Waals surface area contributed by atoms with Crippen LogP contribution in [-0.2, 0) is 4.74 Å². The van der Waals surface area contributed by atoms with E-state index in [1.165, 1.54) is 6.33 Å². The molecular weight excluding hydrogens is 392 g/mol. The summed E-state index contributed by atoms with van der Waals surface area (Å²) in [5, 5.41) is 1.11. The molecule has 158 valence electrons. The third-order valence-corrected chi connectivity index (χ3v) is 5.89. The van der Waals surface area contributed by atoms with Crippen LogP contribution in [0, 0.1) is 0 Å². The van der Waals surface area contributed by atoms with Gasteiger partial charge in [-0.3, -0.25) is 0 Å². The normalized spacial score (nSPS) is 19.5. The summed E-state index contributed by atoms with van der Waals surface area (Å²) in [4.78, 5) is 13.3. The average molecular weight is 421 g/mol. The molecule has 1 aromatic carbocycles. The third-order valence-electron chi connectivity index (χ3n) is 5.60. The van der Waals surface area contributed by atoms with Crippen molar-refractivity contribution >= 4 is 22.5 Å². The van der Waals surface area contributed by atoms with Gasteiger partial charge in [-0.15, -0.1) is 0 Å². The van der Waals surface area contributed by atoms with Crippen LogP contribution in [0.4, 0.5) is 0 Å². The largest absolute Gasteiger partial charge is 0.490 e. The molecule has 0 spiro atoms. The number of likely N-dealkylation sites (N-methyl/N-ethyl adjacent to an activating group) is 1. The summed E-state index contributed by atoms with van der Waals surface area (Å²) in [6, 6.07) is 3.84. The second kappa shape index (κ2) is 9.89. The van der Waals surface area contributed by atoms with E-state index in [4.69, 9.17) is 25.8 Å². The van der Waals surface area contributed by atoms with Crippen LogP contribution in [0.5, 0.6) is 11.5 Å². The van der Waals surface area contributed by atoms with E-state index in [1.807, 2.05) is 12.1 Å². The minimum Gasteiger partial charge on any atom is -0.490 e. The average Bonchev–Trinajstić information content (AvgIpc) is 2.74. The Morgan fingerprint density at radius 2 is 1.93 bits per heavy atom. The number of rotatable bonds is 7. The van der Waals surface area contributed by atoms with Gasteiger partial charge >= 0.3 is 0 Å². The standard InChI is InChI=1S/C21H29ClN4O3/c1-25-8-10-26(11-9-25)7-2-12-28-18-4-3-17-19(21(22)24-15-23-17)20(18)29-16-5-13-27-14-6-16/h3-4,15-16H,2,5-14H2,1H3. The van der Waals surface area contributed by atoms with Gasteiger partial charge in [0.15, 0.2) is 11.5 Å². The molecule has 0 amide bonds. The van der Waals surface area contributed by atoms with Gasteiger partial charge in [-0.2, -0.15) is 0 Å². The van der Waals surface area contributed by atoms with Crippen molar-refractivity contribution in [3.05, 3.63) is 23.6 Å². The lowest BCUT2D eigenvalue weighted by molar-refractivity contribution is 0.0249. The molecule has 0 unspecified atom stereocenters. The molecule has 0 aliphatic carbocycles. The molecule has 8 heteroatoms. The van der Waals surface area contributed by atoms with Crippen LogP contribution in [0.2, 0.25) is 5.15 Å². The van der Waals surface area contributed by atoms with E-state index in [2.05, 4.69) is 26.8 Å². The van der Waals surface area contributed by atoms with Crippen molar-refractivity contribution in [3.8, 4) is 11.5 Å². The van der Waals surface area contributed by atoms with Crippen LogP contribution in [0.1, 0.15) is 19.3 Å². The number of piperazine rings is 1. The number of hydrogen-bond acceptors (Lipinski definition) is 7. The summed E-state index contributed by atoms with van der Waals surface area (Å²) in [5.74, 6) is 1.36. The topological polar surface area (TPSA) is 60.0 Å². The lowest BCUT2D eigenvalue weighted by Gasteiger charge is -2.32. The fourth-order valence-corrected chi connectivity index (χ4v) is 4.03. The van der Waals surface area contributed by atoms with Gasteiger partial charge in [0.05, 0.1) is 30.7 Å². The number of benzene rings is 1. The molecule has 0 saturated carbocycles. The maximum Gasteiger partial charge on any atom is 0.174 e. The smallest absolute Gasteiger partial charge is 0.174 e. The number of fused-ring (bicyclic) bond motifs is 1. The Labute approximate surface area is 176 Å². The van der Waals surface area contributed by atoms with Gasteiger partial charge in [0.1, 0.15) is 17.6 Å². The highest BCUT2D eigenvalue weighted by molar-refractivity contribution is 6.34. The zero-order valence-electron chi connectivity index (χ0n) is 17.0. The van der Waals surface area contributed by atoms with Gasteiger partial charge in [0.25, 0.3) is 0 Å². The number of hydrogen-bond donors (Lipinski definition) is 0. The SMILES string of the molecule is CN1CCN(CCCOc2ccc3ncnc(Cl)c3c2OC2CCOCC2)CC1. The molecule has 7 nitrogen and oxygen atoms in total. The van der Waals surface area contributed by atoms with Gasteiger partial charge < -0.3 is 24.0 Å². The minimum atomic E-state index is 0.0818. The van der Waals surface area contributed by atoms with Crippen molar-refractivity contribution in [1.29, 1.82) is 0 Å². The van der Waals surface area contributed by atoms with Gasteiger partial charge in [0, 0.05) is 45.6 Å². The van der Waals surface area contributed by atoms with Gasteiger partial charge in [-0.25, -0.2) is 9.97 Å². The second-order valence-electron chi connectivity index (χ2n) is 7.73. The molecule has 0 radical (unpaired) electrons. The number of aromatic nitrogens is 2. The molecule has 2 aromatic rings. The van der Waals surface area contributed by atoms with E-state index in [9.17, 15) is 0 Å². The van der Waals surface area contributed by atoms with E-state index < -0.39 is 0 Å². The first-order valence-corrected chi connectivity index (χ1v) is 10.8. The van der Waals surface area contributed by atoms with Crippen molar-refractivity contribution in [2.24, 2.45) is 0 Å². The van der Waals surface area contributed by atoms with Crippen molar-refractivity contribution < 1.29 is 14.2 Å². The van der Waals surface area contributed by atoms with Crippen molar-refractivity contribution in [3.63, 3.8) is 0 Å². The van der Waals surface area contributed by atoms with Crippen LogP contribution in [0.25, 0.3) is 10.9 Å². The van der Waals surface area contributed by atoms with Crippen LogP contribution in [0.15, 0.2) is 18.5 Å². The Bertz CT molecular complexity index is 808. The van der Waals surface area contributed by atoms with E-state index in [0.29, 0.717) is 36.5 Å². The maximum absolute atomic E-state index is 6.40. The summed E-state index contributed by atoms with van der Waals surface area (Å²) in [6.45, 7) is 7.60. The summed E-state index contributed by atoms with van der Waals surface area (Å²) in [7, 11) is 2.18. The zero-order chi connectivity index (χ0) is 20.1. The Hall–Kier alpha value is -1.67. The highest BCUT2D eigenvalue weighted by Gasteiger charge is 2.22. The molecule has 0 bridgehead atoms. The van der Waals surface area contributed by atoms with Gasteiger partial charge in [-0.05, 0) is 25.6 Å². The summed E-state index contributed by atoms with van der Waals surface area (Å²) >= 11 is 6.40. The third kappa shape index (κ3) is 5.28. The number of halogens is 1. The second-order valence-corrected chi connectivity index (χ2v) is 8.09. The van der Waals surface area contributed by atoms with E-state index in [1.54, 1.807) is 0 Å². The Kier molecular flexibility index (Phi) is 7.02. The molecule has 3 heterocycles. The zero-order valence-corrected chi connectivity index (χ0v) is 17.7. The van der Waals surface area contributed by atoms with E-state index in [0.717, 1.165) is 62.9 Å². The Balaban J connectivity index is 1.44. The number of nitrogens with zero attached hydrogens (tertiary/aromatic N) is 4. The molecule has 2 aliphatic heterocycles. The van der Waals surface area contributed by atoms with Crippen molar-refractivity contribution in [2.75, 3.05) is 59.6 Å². The first-order chi connectivity index (χ1) is 14.2. The highest BCUT2D eigenvalue weighted by atomic mass is 35.5. The lowest BCUT2D eigenvalue weighted by atomic mass is 10.1. The van der Waals surface area contributed by atoms with Crippen molar-refractivity contribution in [2.45, 2.75) is 25.4 Å². The molecular formula is C21H29ClN4O3. The van der Waals surface area contributed by atoms with Crippen LogP contribution in [0.3, 0.4) is 0 Å². The molecule has 2 saturated heterocycles. The highest BCUT2D eigenvalue weighted by Crippen LogP contribution is 2.39. The Morgan fingerprint density at radius 3 is 2.72 bits per heavy atom. The quantitative estimate of drug-likeness (QED) is 0.504. The molecule has 4 rings (SSSR count). The summed E-state index contributed by atoms with van der Waals surface area (Å²) < 4.78 is 18.0. The fourth-order valence-electron chi connectivity index (χ4n) is 3.80. The van der Waals surface area contributed by atoms with E-state index in [-0.39, 0.29) is 6.10 Å². The summed E-state index contributed by atoms with van der Waals surface area (Å²) in [5.41, 5.74) is 0.761. The Morgan fingerprint density at radius 1 is 1.14 bits per heavy atom. The van der Waals surface area contributed by atoms with Gasteiger partial charge in [-0.1, -0.05) is 11.6 Å². The predicted molar refractivity (Wildman–Crippen MR) is 113 cm³/mol. The van der Waals surface area contributed by atoms with Crippen LogP contribution >= 0.6 is 11.6 Å². The first kappa shape index (κ1) is 20.6. The first-order valence-electron chi connectivity index (χ1n) is 10.4. The molecule has 0 atom stereocenters. The van der Waals surface area contributed by atoms with Crippen molar-refractivity contribution in [1.82, 2.24) is 19.8 Å².